The molecule has 0 saturated carbocycles. The monoisotopic (exact) mass is 342 g/mol. The van der Waals surface area contributed by atoms with Crippen molar-refractivity contribution >= 4 is 5.91 Å². The molecule has 1 heterocycles. The zero-order valence-corrected chi connectivity index (χ0v) is 12.6. The van der Waals surface area contributed by atoms with E-state index in [9.17, 15) is 22.4 Å². The first-order valence-electron chi connectivity index (χ1n) is 6.96. The van der Waals surface area contributed by atoms with Gasteiger partial charge in [-0.15, -0.1) is 0 Å². The van der Waals surface area contributed by atoms with Gasteiger partial charge in [-0.3, -0.25) is 9.78 Å². The van der Waals surface area contributed by atoms with Crippen LogP contribution in [0.15, 0.2) is 42.6 Å². The first kappa shape index (κ1) is 17.7. The van der Waals surface area contributed by atoms with Crippen molar-refractivity contribution in [3.63, 3.8) is 0 Å². The molecular formula is C16H14F4N2O2. The second-order valence-electron chi connectivity index (χ2n) is 5.02. The second-order valence-corrected chi connectivity index (χ2v) is 5.02. The zero-order valence-electron chi connectivity index (χ0n) is 12.6. The molecule has 8 heteroatoms. The molecule has 1 aromatic heterocycles. The van der Waals surface area contributed by atoms with Crippen molar-refractivity contribution in [1.29, 1.82) is 0 Å². The Balaban J connectivity index is 1.94. The number of pyridine rings is 1. The fourth-order valence-corrected chi connectivity index (χ4v) is 1.72. The van der Waals surface area contributed by atoms with E-state index in [0.29, 0.717) is 11.4 Å². The lowest BCUT2D eigenvalue weighted by Gasteiger charge is -2.17. The van der Waals surface area contributed by atoms with Crippen LogP contribution in [-0.4, -0.2) is 23.1 Å². The average Bonchev–Trinajstić information content (AvgIpc) is 2.52. The summed E-state index contributed by atoms with van der Waals surface area (Å²) in [5.74, 6) is -0.992. The molecule has 0 aliphatic rings. The number of hydrogen-bond acceptors (Lipinski definition) is 3. The minimum Gasteiger partial charge on any atom is -0.487 e. The number of nitrogens with zero attached hydrogens (tertiary/aromatic N) is 1. The van der Waals surface area contributed by atoms with Crippen LogP contribution in [0.2, 0.25) is 0 Å². The van der Waals surface area contributed by atoms with E-state index in [2.05, 4.69) is 4.98 Å². The molecule has 2 rings (SSSR count). The van der Waals surface area contributed by atoms with Crippen LogP contribution in [0, 0.1) is 5.82 Å². The number of amides is 1. The molecule has 24 heavy (non-hydrogen) atoms. The number of nitrogens with one attached hydrogen (secondary N) is 1. The molecule has 1 unspecified atom stereocenters. The summed E-state index contributed by atoms with van der Waals surface area (Å²) in [4.78, 5) is 15.7. The van der Waals surface area contributed by atoms with E-state index in [-0.39, 0.29) is 12.2 Å². The van der Waals surface area contributed by atoms with Gasteiger partial charge < -0.3 is 10.1 Å². The number of alkyl halides is 3. The Morgan fingerprint density at radius 2 is 2.04 bits per heavy atom. The first-order valence-corrected chi connectivity index (χ1v) is 6.96. The van der Waals surface area contributed by atoms with Crippen LogP contribution in [0.25, 0.3) is 0 Å². The van der Waals surface area contributed by atoms with E-state index in [0.717, 1.165) is 13.1 Å². The largest absolute Gasteiger partial charge is 0.487 e. The van der Waals surface area contributed by atoms with E-state index >= 15 is 0 Å². The minimum atomic E-state index is -4.51. The Morgan fingerprint density at radius 1 is 1.29 bits per heavy atom. The molecular weight excluding hydrogens is 328 g/mol. The van der Waals surface area contributed by atoms with Crippen molar-refractivity contribution < 1.29 is 27.1 Å². The number of benzene rings is 1. The van der Waals surface area contributed by atoms with Crippen LogP contribution in [0.5, 0.6) is 5.75 Å². The van der Waals surface area contributed by atoms with E-state index in [1.54, 1.807) is 6.07 Å². The van der Waals surface area contributed by atoms with Crippen molar-refractivity contribution in [2.75, 3.05) is 0 Å². The molecule has 0 saturated heterocycles. The van der Waals surface area contributed by atoms with E-state index in [4.69, 9.17) is 4.74 Å². The molecule has 128 valence electrons. The Hall–Kier alpha value is -2.64. The summed E-state index contributed by atoms with van der Waals surface area (Å²) >= 11 is 0. The third-order valence-electron chi connectivity index (χ3n) is 3.11. The van der Waals surface area contributed by atoms with Crippen LogP contribution in [-0.2, 0) is 6.61 Å². The van der Waals surface area contributed by atoms with Crippen molar-refractivity contribution in [1.82, 2.24) is 10.3 Å². The number of carbonyl (C=O) groups is 1. The number of carbonyl (C=O) groups excluding carboxylic acids is 1. The summed E-state index contributed by atoms with van der Waals surface area (Å²) in [6.45, 7) is 0.886. The van der Waals surface area contributed by atoms with Gasteiger partial charge in [-0.25, -0.2) is 4.39 Å². The molecule has 1 aromatic carbocycles. The SMILES string of the molecule is CC(NC(=O)c1ccc(COc2cccc(F)c2)nc1)C(F)(F)F. The second kappa shape index (κ2) is 7.29. The van der Waals surface area contributed by atoms with Crippen LogP contribution in [0.4, 0.5) is 17.6 Å². The molecule has 0 aliphatic carbocycles. The Labute approximate surface area is 135 Å². The molecule has 2 aromatic rings. The zero-order chi connectivity index (χ0) is 17.7. The summed E-state index contributed by atoms with van der Waals surface area (Å²) < 4.78 is 55.6. The van der Waals surface area contributed by atoms with Crippen molar-refractivity contribution in [2.45, 2.75) is 25.7 Å². The van der Waals surface area contributed by atoms with Gasteiger partial charge in [-0.1, -0.05) is 6.07 Å². The summed E-state index contributed by atoms with van der Waals surface area (Å²) in [5.41, 5.74) is 0.445. The molecule has 0 radical (unpaired) electrons. The fourth-order valence-electron chi connectivity index (χ4n) is 1.72. The lowest BCUT2D eigenvalue weighted by molar-refractivity contribution is -0.149. The number of aromatic nitrogens is 1. The van der Waals surface area contributed by atoms with Crippen LogP contribution in [0.1, 0.15) is 23.0 Å². The van der Waals surface area contributed by atoms with Crippen LogP contribution >= 0.6 is 0 Å². The van der Waals surface area contributed by atoms with Crippen LogP contribution in [0.3, 0.4) is 0 Å². The fraction of sp³-hybridized carbons (Fsp3) is 0.250. The van der Waals surface area contributed by atoms with Gasteiger partial charge in [-0.05, 0) is 31.2 Å². The van der Waals surface area contributed by atoms with Gasteiger partial charge in [0.25, 0.3) is 5.91 Å². The molecule has 1 amide bonds. The summed E-state index contributed by atoms with van der Waals surface area (Å²) in [6.07, 6.45) is -3.36. The molecule has 1 N–H and O–H groups in total. The van der Waals surface area contributed by atoms with Gasteiger partial charge in [-0.2, -0.15) is 13.2 Å². The molecule has 0 fully saturated rings. The summed E-state index contributed by atoms with van der Waals surface area (Å²) in [7, 11) is 0. The van der Waals surface area contributed by atoms with Gasteiger partial charge in [0.1, 0.15) is 24.2 Å². The maximum atomic E-state index is 13.0. The van der Waals surface area contributed by atoms with E-state index in [1.807, 2.05) is 5.32 Å². The highest BCUT2D eigenvalue weighted by atomic mass is 19.4. The van der Waals surface area contributed by atoms with Crippen molar-refractivity contribution in [3.05, 3.63) is 59.7 Å². The smallest absolute Gasteiger partial charge is 0.408 e. The number of ether oxygens (including phenoxy) is 1. The quantitative estimate of drug-likeness (QED) is 0.847. The minimum absolute atomic E-state index is 0.000561. The molecule has 4 nitrogen and oxygen atoms in total. The van der Waals surface area contributed by atoms with Crippen molar-refractivity contribution in [2.24, 2.45) is 0 Å². The van der Waals surface area contributed by atoms with Gasteiger partial charge in [0.2, 0.25) is 0 Å². The standard InChI is InChI=1S/C16H14F4N2O2/c1-10(16(18,19)20)22-15(23)11-5-6-13(21-8-11)9-24-14-4-2-3-12(17)7-14/h2-8,10H,9H2,1H3,(H,22,23). The van der Waals surface area contributed by atoms with E-state index in [1.165, 1.54) is 30.3 Å². The number of rotatable bonds is 5. The molecule has 0 spiro atoms. The van der Waals surface area contributed by atoms with E-state index < -0.39 is 23.9 Å². The maximum absolute atomic E-state index is 13.0. The average molecular weight is 342 g/mol. The van der Waals surface area contributed by atoms with Gasteiger partial charge >= 0.3 is 6.18 Å². The Bertz CT molecular complexity index is 702. The third-order valence-corrected chi connectivity index (χ3v) is 3.11. The highest BCUT2D eigenvalue weighted by Gasteiger charge is 2.37. The molecule has 0 bridgehead atoms. The number of halogens is 4. The third kappa shape index (κ3) is 4.94. The Morgan fingerprint density at radius 3 is 2.62 bits per heavy atom. The maximum Gasteiger partial charge on any atom is 0.408 e. The predicted molar refractivity (Wildman–Crippen MR) is 78.0 cm³/mol. The van der Waals surface area contributed by atoms with Gasteiger partial charge in [0.15, 0.2) is 0 Å². The van der Waals surface area contributed by atoms with Gasteiger partial charge in [0.05, 0.1) is 11.3 Å². The Kier molecular flexibility index (Phi) is 5.38. The lowest BCUT2D eigenvalue weighted by atomic mass is 10.2. The lowest BCUT2D eigenvalue weighted by Crippen LogP contribution is -2.43. The molecule has 0 aliphatic heterocycles. The molecule has 1 atom stereocenters. The highest BCUT2D eigenvalue weighted by molar-refractivity contribution is 5.94. The van der Waals surface area contributed by atoms with Gasteiger partial charge in [0, 0.05) is 12.3 Å². The van der Waals surface area contributed by atoms with Crippen LogP contribution < -0.4 is 10.1 Å². The number of hydrogen-bond donors (Lipinski definition) is 1. The summed E-state index contributed by atoms with van der Waals surface area (Å²) in [6, 6.07) is 6.39. The normalized spacial score (nSPS) is 12.5. The highest BCUT2D eigenvalue weighted by Crippen LogP contribution is 2.20. The predicted octanol–water partition coefficient (Wildman–Crippen LogP) is 3.48. The first-order chi connectivity index (χ1) is 11.3. The van der Waals surface area contributed by atoms with Crippen molar-refractivity contribution in [3.8, 4) is 5.75 Å². The summed E-state index contributed by atoms with van der Waals surface area (Å²) in [5, 5.41) is 1.84. The topological polar surface area (TPSA) is 51.2 Å².